The Kier molecular flexibility index (Phi) is 6.76. The van der Waals surface area contributed by atoms with E-state index in [9.17, 15) is 14.3 Å². The van der Waals surface area contributed by atoms with Gasteiger partial charge in [0.25, 0.3) is 0 Å². The van der Waals surface area contributed by atoms with Crippen LogP contribution in [0.1, 0.15) is 33.1 Å². The quantitative estimate of drug-likeness (QED) is 0.362. The molecule has 13 heavy (non-hydrogen) atoms. The molecular formula is C8H17NO3S. The lowest BCUT2D eigenvalue weighted by molar-refractivity contribution is -0.480. The lowest BCUT2D eigenvalue weighted by atomic mass is 10.2. The van der Waals surface area contributed by atoms with Crippen molar-refractivity contribution < 1.29 is 9.13 Å². The molecule has 0 aromatic rings. The minimum atomic E-state index is -0.756. The molecule has 0 saturated carbocycles. The molecule has 0 spiro atoms. The van der Waals surface area contributed by atoms with Gasteiger partial charge in [0.15, 0.2) is 0 Å². The summed E-state index contributed by atoms with van der Waals surface area (Å²) in [5, 5.41) is 10.2. The fourth-order valence-electron chi connectivity index (χ4n) is 1.09. The zero-order valence-corrected chi connectivity index (χ0v) is 9.01. The van der Waals surface area contributed by atoms with Crippen LogP contribution in [0.3, 0.4) is 0 Å². The number of hydrogen-bond donors (Lipinski definition) is 0. The van der Waals surface area contributed by atoms with Crippen molar-refractivity contribution in [1.82, 2.24) is 0 Å². The largest absolute Gasteiger partial charge is 0.265 e. The van der Waals surface area contributed by atoms with Crippen molar-refractivity contribution in [2.75, 3.05) is 12.3 Å². The Morgan fingerprint density at radius 1 is 1.46 bits per heavy atom. The lowest BCUT2D eigenvalue weighted by Crippen LogP contribution is -2.13. The molecule has 0 amide bonds. The molecule has 2 atom stereocenters. The van der Waals surface area contributed by atoms with Crippen LogP contribution in [0.15, 0.2) is 0 Å². The van der Waals surface area contributed by atoms with Crippen LogP contribution in [0.25, 0.3) is 0 Å². The van der Waals surface area contributed by atoms with Gasteiger partial charge >= 0.3 is 0 Å². The Morgan fingerprint density at radius 2 is 2.08 bits per heavy atom. The van der Waals surface area contributed by atoms with Crippen molar-refractivity contribution in [3.05, 3.63) is 10.1 Å². The molecule has 0 aromatic carbocycles. The van der Waals surface area contributed by atoms with E-state index in [2.05, 4.69) is 0 Å². The second-order valence-corrected chi connectivity index (χ2v) is 5.18. The van der Waals surface area contributed by atoms with Crippen molar-refractivity contribution in [3.8, 4) is 0 Å². The van der Waals surface area contributed by atoms with E-state index in [1.165, 1.54) is 0 Å². The summed E-state index contributed by atoms with van der Waals surface area (Å²) in [7, 11) is -0.756. The highest BCUT2D eigenvalue weighted by Gasteiger charge is 2.08. The van der Waals surface area contributed by atoms with E-state index >= 15 is 0 Å². The van der Waals surface area contributed by atoms with Gasteiger partial charge in [-0.05, 0) is 12.8 Å². The average Bonchev–Trinajstić information content (AvgIpc) is 2.10. The first-order valence-corrected chi connectivity index (χ1v) is 5.95. The Bertz CT molecular complexity index is 184. The maximum atomic E-state index is 11.2. The monoisotopic (exact) mass is 207 g/mol. The van der Waals surface area contributed by atoms with Crippen LogP contribution in [-0.2, 0) is 10.8 Å². The third-order valence-electron chi connectivity index (χ3n) is 1.93. The molecule has 0 rings (SSSR count). The minimum Gasteiger partial charge on any atom is -0.265 e. The molecule has 0 aliphatic heterocycles. The van der Waals surface area contributed by atoms with Crippen molar-refractivity contribution in [3.63, 3.8) is 0 Å². The van der Waals surface area contributed by atoms with E-state index in [0.29, 0.717) is 12.2 Å². The van der Waals surface area contributed by atoms with Crippen LogP contribution in [0.4, 0.5) is 0 Å². The molecule has 0 saturated heterocycles. The highest BCUT2D eigenvalue weighted by atomic mass is 32.2. The van der Waals surface area contributed by atoms with Crippen molar-refractivity contribution >= 4 is 10.8 Å². The van der Waals surface area contributed by atoms with Gasteiger partial charge in [0.2, 0.25) is 6.54 Å². The van der Waals surface area contributed by atoms with Gasteiger partial charge in [0, 0.05) is 33.1 Å². The van der Waals surface area contributed by atoms with Gasteiger partial charge in [0.05, 0.1) is 0 Å². The fourth-order valence-corrected chi connectivity index (χ4v) is 2.09. The van der Waals surface area contributed by atoms with Crippen LogP contribution in [-0.4, -0.2) is 26.7 Å². The number of hydrogen-bond acceptors (Lipinski definition) is 3. The van der Waals surface area contributed by atoms with Crippen molar-refractivity contribution in [1.29, 1.82) is 0 Å². The average molecular weight is 207 g/mol. The zero-order valence-electron chi connectivity index (χ0n) is 8.19. The summed E-state index contributed by atoms with van der Waals surface area (Å²) in [5.41, 5.74) is 0. The van der Waals surface area contributed by atoms with Crippen molar-refractivity contribution in [2.45, 2.75) is 38.4 Å². The number of rotatable bonds is 7. The van der Waals surface area contributed by atoms with Crippen LogP contribution >= 0.6 is 0 Å². The second-order valence-electron chi connectivity index (χ2n) is 3.03. The molecular weight excluding hydrogens is 190 g/mol. The van der Waals surface area contributed by atoms with Gasteiger partial charge in [-0.25, -0.2) is 0 Å². The lowest BCUT2D eigenvalue weighted by Gasteiger charge is -2.07. The van der Waals surface area contributed by atoms with Gasteiger partial charge in [-0.15, -0.1) is 0 Å². The molecule has 78 valence electrons. The molecule has 0 bridgehead atoms. The van der Waals surface area contributed by atoms with Gasteiger partial charge in [-0.2, -0.15) is 0 Å². The summed E-state index contributed by atoms with van der Waals surface area (Å²) in [6, 6.07) is 0. The van der Waals surface area contributed by atoms with Crippen LogP contribution in [0, 0.1) is 10.1 Å². The van der Waals surface area contributed by atoms with Crippen LogP contribution < -0.4 is 0 Å². The van der Waals surface area contributed by atoms with Crippen LogP contribution in [0.2, 0.25) is 0 Å². The van der Waals surface area contributed by atoms with Crippen LogP contribution in [0.5, 0.6) is 0 Å². The summed E-state index contributed by atoms with van der Waals surface area (Å²) >= 11 is 0. The first-order valence-electron chi connectivity index (χ1n) is 4.57. The van der Waals surface area contributed by atoms with E-state index in [4.69, 9.17) is 0 Å². The Labute approximate surface area is 81.3 Å². The molecule has 0 aliphatic rings. The molecule has 0 aliphatic carbocycles. The smallest absolute Gasteiger partial charge is 0.203 e. The molecule has 4 nitrogen and oxygen atoms in total. The highest BCUT2D eigenvalue weighted by molar-refractivity contribution is 7.85. The Morgan fingerprint density at radius 3 is 2.54 bits per heavy atom. The molecule has 5 heteroatoms. The fraction of sp³-hybridized carbons (Fsp3) is 1.00. The minimum absolute atomic E-state index is 0.0332. The number of nitro groups is 1. The topological polar surface area (TPSA) is 60.2 Å². The maximum Gasteiger partial charge on any atom is 0.203 e. The molecule has 0 radical (unpaired) electrons. The van der Waals surface area contributed by atoms with E-state index in [1.54, 1.807) is 0 Å². The summed E-state index contributed by atoms with van der Waals surface area (Å²) in [6.07, 6.45) is 2.22. The molecule has 0 aromatic heterocycles. The third kappa shape index (κ3) is 6.69. The van der Waals surface area contributed by atoms with Gasteiger partial charge in [-0.1, -0.05) is 13.8 Å². The SMILES string of the molecule is CCS(=O)C(C)CCCC[N+](=O)[O-]. The molecule has 0 N–H and O–H groups in total. The van der Waals surface area contributed by atoms with E-state index in [0.717, 1.165) is 12.8 Å². The number of nitrogens with zero attached hydrogens (tertiary/aromatic N) is 1. The van der Waals surface area contributed by atoms with Gasteiger partial charge < -0.3 is 0 Å². The molecule has 0 heterocycles. The highest BCUT2D eigenvalue weighted by Crippen LogP contribution is 2.06. The third-order valence-corrected chi connectivity index (χ3v) is 3.64. The summed E-state index contributed by atoms with van der Waals surface area (Å²) in [5.74, 6) is 0.677. The first-order chi connectivity index (χ1) is 6.07. The maximum absolute atomic E-state index is 11.2. The summed E-state index contributed by atoms with van der Waals surface area (Å²) in [6.45, 7) is 3.86. The standard InChI is InChI=1S/C8H17NO3S/c1-3-13(12)8(2)6-4-5-7-9(10)11/h8H,3-7H2,1-2H3. The zero-order chi connectivity index (χ0) is 10.3. The number of unbranched alkanes of at least 4 members (excludes halogenated alkanes) is 1. The Balaban J connectivity index is 3.42. The summed E-state index contributed by atoms with van der Waals surface area (Å²) < 4.78 is 11.2. The molecule has 0 fully saturated rings. The van der Waals surface area contributed by atoms with Gasteiger partial charge in [0.1, 0.15) is 0 Å². The van der Waals surface area contributed by atoms with E-state index in [1.807, 2.05) is 13.8 Å². The van der Waals surface area contributed by atoms with E-state index in [-0.39, 0.29) is 16.7 Å². The van der Waals surface area contributed by atoms with E-state index < -0.39 is 10.8 Å². The predicted octanol–water partition coefficient (Wildman–Crippen LogP) is 1.59. The van der Waals surface area contributed by atoms with Crippen molar-refractivity contribution in [2.24, 2.45) is 0 Å². The first kappa shape index (κ1) is 12.6. The van der Waals surface area contributed by atoms with Gasteiger partial charge in [-0.3, -0.25) is 14.3 Å². The molecule has 2 unspecified atom stereocenters. The summed E-state index contributed by atoms with van der Waals surface area (Å²) in [4.78, 5) is 9.68. The Hall–Kier alpha value is -0.450. The normalized spacial score (nSPS) is 15.2. The predicted molar refractivity (Wildman–Crippen MR) is 53.9 cm³/mol. The second kappa shape index (κ2) is 7.00.